The van der Waals surface area contributed by atoms with Gasteiger partial charge in [0.15, 0.2) is 0 Å². The summed E-state index contributed by atoms with van der Waals surface area (Å²) in [4.78, 5) is 20.7. The van der Waals surface area contributed by atoms with Crippen molar-refractivity contribution in [2.45, 2.75) is 92.1 Å². The van der Waals surface area contributed by atoms with E-state index in [2.05, 4.69) is 65.2 Å². The molecule has 8 nitrogen and oxygen atoms in total. The summed E-state index contributed by atoms with van der Waals surface area (Å²) in [5.74, 6) is 0.450. The molecule has 0 N–H and O–H groups in total. The maximum Gasteiger partial charge on any atom is 0.312 e. The number of rotatable bonds is 12. The van der Waals surface area contributed by atoms with E-state index in [1.807, 2.05) is 61.1 Å². The number of ether oxygens (including phenoxy) is 2. The smallest absolute Gasteiger partial charge is 0.312 e. The summed E-state index contributed by atoms with van der Waals surface area (Å²) in [5, 5.41) is 8.61. The minimum atomic E-state index is -0.767. The Hall–Kier alpha value is -4.04. The number of hydrogen-bond acceptors (Lipinski definition) is 7. The molecule has 0 radical (unpaired) electrons. The van der Waals surface area contributed by atoms with E-state index in [0.717, 1.165) is 67.3 Å². The molecule has 5 rings (SSSR count). The second kappa shape index (κ2) is 14.2. The van der Waals surface area contributed by atoms with Crippen molar-refractivity contribution in [3.63, 3.8) is 0 Å². The van der Waals surface area contributed by atoms with Gasteiger partial charge in [0.2, 0.25) is 5.88 Å². The highest BCUT2D eigenvalue weighted by atomic mass is 16.5. The number of carbonyl (C=O) groups is 1. The van der Waals surface area contributed by atoms with Crippen LogP contribution in [0.1, 0.15) is 80.0 Å². The number of carbonyl (C=O) groups excluding carboxylic acids is 1. The molecule has 0 saturated heterocycles. The van der Waals surface area contributed by atoms with Gasteiger partial charge in [0.25, 0.3) is 0 Å². The summed E-state index contributed by atoms with van der Waals surface area (Å²) >= 11 is 0. The highest BCUT2D eigenvalue weighted by Gasteiger charge is 2.39. The van der Waals surface area contributed by atoms with Crippen LogP contribution in [0, 0.1) is 12.3 Å². The summed E-state index contributed by atoms with van der Waals surface area (Å²) in [5.41, 5.74) is 5.86. The van der Waals surface area contributed by atoms with Crippen molar-refractivity contribution in [2.75, 3.05) is 6.54 Å². The Morgan fingerprint density at radius 3 is 2.68 bits per heavy atom. The van der Waals surface area contributed by atoms with Gasteiger partial charge in [0, 0.05) is 44.1 Å². The van der Waals surface area contributed by atoms with Crippen LogP contribution in [0.5, 0.6) is 5.88 Å². The van der Waals surface area contributed by atoms with Gasteiger partial charge in [-0.2, -0.15) is 0 Å². The van der Waals surface area contributed by atoms with Crippen LogP contribution in [0.2, 0.25) is 0 Å². The number of pyridine rings is 1. The van der Waals surface area contributed by atoms with Crippen LogP contribution in [-0.4, -0.2) is 43.5 Å². The lowest BCUT2D eigenvalue weighted by Gasteiger charge is -2.33. The van der Waals surface area contributed by atoms with Crippen LogP contribution in [0.15, 0.2) is 73.1 Å². The van der Waals surface area contributed by atoms with Gasteiger partial charge < -0.3 is 9.47 Å². The number of nitrogens with zero attached hydrogens (tertiary/aromatic N) is 5. The maximum absolute atomic E-state index is 13.7. The summed E-state index contributed by atoms with van der Waals surface area (Å²) in [6.45, 7) is 13.8. The zero-order valence-corrected chi connectivity index (χ0v) is 26.7. The molecule has 0 saturated carbocycles. The molecule has 2 atom stereocenters. The molecule has 2 aromatic heterocycles. The van der Waals surface area contributed by atoms with Crippen LogP contribution in [0.25, 0.3) is 0 Å². The fraction of sp³-hybridized carbons (Fsp3) is 0.444. The largest absolute Gasteiger partial charge is 0.473 e. The van der Waals surface area contributed by atoms with Crippen molar-refractivity contribution in [2.24, 2.45) is 5.41 Å². The van der Waals surface area contributed by atoms with Gasteiger partial charge in [-0.15, -0.1) is 5.10 Å². The first-order valence-electron chi connectivity index (χ1n) is 15.8. The average molecular weight is 596 g/mol. The Balaban J connectivity index is 1.41. The quantitative estimate of drug-likeness (QED) is 0.169. The fourth-order valence-electron chi connectivity index (χ4n) is 5.99. The SMILES string of the molecule is CCC1CN(Cc2cc(C(CCc3cn(CC)nn3)C(C)(C)C(=O)OCc3ccccc3)ccc2C)Cc2cccnc2O1. The monoisotopic (exact) mass is 595 g/mol. The van der Waals surface area contributed by atoms with E-state index < -0.39 is 5.41 Å². The van der Waals surface area contributed by atoms with Crippen molar-refractivity contribution in [1.29, 1.82) is 0 Å². The van der Waals surface area contributed by atoms with Crippen LogP contribution < -0.4 is 4.74 Å². The first-order chi connectivity index (χ1) is 21.3. The summed E-state index contributed by atoms with van der Waals surface area (Å²) in [6, 6.07) is 20.6. The van der Waals surface area contributed by atoms with Crippen molar-refractivity contribution < 1.29 is 14.3 Å². The molecule has 2 aromatic carbocycles. The summed E-state index contributed by atoms with van der Waals surface area (Å²) < 4.78 is 14.0. The van der Waals surface area contributed by atoms with Gasteiger partial charge in [0.1, 0.15) is 12.7 Å². The van der Waals surface area contributed by atoms with Crippen LogP contribution in [-0.2, 0) is 42.2 Å². The van der Waals surface area contributed by atoms with E-state index in [9.17, 15) is 4.79 Å². The molecule has 2 unspecified atom stereocenters. The van der Waals surface area contributed by atoms with Crippen LogP contribution in [0.3, 0.4) is 0 Å². The average Bonchev–Trinajstić information content (AvgIpc) is 3.42. The predicted molar refractivity (Wildman–Crippen MR) is 171 cm³/mol. The lowest BCUT2D eigenvalue weighted by molar-refractivity contribution is -0.156. The normalized spacial score (nSPS) is 16.1. The molecule has 4 aromatic rings. The number of benzene rings is 2. The molecule has 0 spiro atoms. The number of esters is 1. The lowest BCUT2D eigenvalue weighted by atomic mass is 9.72. The van der Waals surface area contributed by atoms with Crippen molar-refractivity contribution in [1.82, 2.24) is 24.9 Å². The second-order valence-electron chi connectivity index (χ2n) is 12.4. The van der Waals surface area contributed by atoms with Crippen molar-refractivity contribution >= 4 is 5.97 Å². The van der Waals surface area contributed by atoms with Crippen LogP contribution in [0.4, 0.5) is 0 Å². The van der Waals surface area contributed by atoms with E-state index in [1.165, 1.54) is 11.1 Å². The Labute approximate surface area is 261 Å². The minimum Gasteiger partial charge on any atom is -0.473 e. The summed E-state index contributed by atoms with van der Waals surface area (Å²) in [7, 11) is 0. The van der Waals surface area contributed by atoms with E-state index in [-0.39, 0.29) is 24.6 Å². The molecular weight excluding hydrogens is 550 g/mol. The molecule has 0 bridgehead atoms. The number of fused-ring (bicyclic) bond motifs is 1. The lowest BCUT2D eigenvalue weighted by Crippen LogP contribution is -2.34. The highest BCUT2D eigenvalue weighted by molar-refractivity contribution is 5.77. The molecule has 0 fully saturated rings. The van der Waals surface area contributed by atoms with Gasteiger partial charge in [-0.05, 0) is 81.2 Å². The Morgan fingerprint density at radius 2 is 1.93 bits per heavy atom. The van der Waals surface area contributed by atoms with Gasteiger partial charge in [0.05, 0.1) is 11.1 Å². The molecule has 44 heavy (non-hydrogen) atoms. The van der Waals surface area contributed by atoms with E-state index in [1.54, 1.807) is 6.20 Å². The molecule has 8 heteroatoms. The third-order valence-corrected chi connectivity index (χ3v) is 8.82. The summed E-state index contributed by atoms with van der Waals surface area (Å²) in [6.07, 6.45) is 6.25. The van der Waals surface area contributed by atoms with E-state index in [0.29, 0.717) is 6.42 Å². The molecule has 0 aliphatic carbocycles. The molecular formula is C36H45N5O3. The molecule has 0 amide bonds. The first kappa shape index (κ1) is 31.4. The Kier molecular flexibility index (Phi) is 10.1. The zero-order chi connectivity index (χ0) is 31.1. The predicted octanol–water partition coefficient (Wildman–Crippen LogP) is 6.66. The van der Waals surface area contributed by atoms with E-state index >= 15 is 0 Å². The molecule has 3 heterocycles. The highest BCUT2D eigenvalue weighted by Crippen LogP contribution is 2.41. The van der Waals surface area contributed by atoms with Gasteiger partial charge in [-0.1, -0.05) is 66.7 Å². The number of hydrogen-bond donors (Lipinski definition) is 0. The number of aromatic nitrogens is 4. The topological polar surface area (TPSA) is 82.4 Å². The van der Waals surface area contributed by atoms with Crippen LogP contribution >= 0.6 is 0 Å². The molecule has 1 aliphatic heterocycles. The first-order valence-corrected chi connectivity index (χ1v) is 15.8. The fourth-order valence-corrected chi connectivity index (χ4v) is 5.99. The van der Waals surface area contributed by atoms with Gasteiger partial charge in [-0.25, -0.2) is 4.98 Å². The van der Waals surface area contributed by atoms with Crippen molar-refractivity contribution in [3.8, 4) is 5.88 Å². The minimum absolute atomic E-state index is 0.0808. The number of aryl methyl sites for hydroxylation is 3. The van der Waals surface area contributed by atoms with Crippen molar-refractivity contribution in [3.05, 3.63) is 107 Å². The Bertz CT molecular complexity index is 1530. The standard InChI is InChI=1S/C36H45N5O3/c1-6-32-24-40(21-29-14-11-19-37-34(29)44-32)22-30-20-28(16-15-26(30)3)33(18-17-31-23-41(7-2)39-38-31)36(4,5)35(42)43-25-27-12-9-8-10-13-27/h8-16,19-20,23,32-33H,6-7,17-18,21-22,24-25H2,1-5H3. The Morgan fingerprint density at radius 1 is 1.11 bits per heavy atom. The third kappa shape index (κ3) is 7.53. The molecule has 1 aliphatic rings. The van der Waals surface area contributed by atoms with Gasteiger partial charge >= 0.3 is 5.97 Å². The second-order valence-corrected chi connectivity index (χ2v) is 12.4. The maximum atomic E-state index is 13.7. The van der Waals surface area contributed by atoms with Gasteiger partial charge in [-0.3, -0.25) is 14.4 Å². The molecule has 232 valence electrons. The van der Waals surface area contributed by atoms with E-state index in [4.69, 9.17) is 9.47 Å². The third-order valence-electron chi connectivity index (χ3n) is 8.82. The zero-order valence-electron chi connectivity index (χ0n) is 26.7.